The lowest BCUT2D eigenvalue weighted by Crippen LogP contribution is -2.10. The van der Waals surface area contributed by atoms with Crippen LogP contribution in [0.25, 0.3) is 0 Å². The summed E-state index contributed by atoms with van der Waals surface area (Å²) in [5, 5.41) is 20.0. The Morgan fingerprint density at radius 2 is 2.33 bits per heavy atom. The second-order valence-electron chi connectivity index (χ2n) is 4.84. The van der Waals surface area contributed by atoms with Crippen LogP contribution in [-0.2, 0) is 4.74 Å². The Kier molecular flexibility index (Phi) is 5.10. The van der Waals surface area contributed by atoms with Gasteiger partial charge >= 0.3 is 5.97 Å². The molecule has 1 heterocycles. The van der Waals surface area contributed by atoms with Gasteiger partial charge in [0.15, 0.2) is 5.56 Å². The topological polar surface area (TPSA) is 98.9 Å². The molecular formula is C14H17NO6. The first kappa shape index (κ1) is 15.2. The predicted molar refractivity (Wildman–Crippen MR) is 73.8 cm³/mol. The van der Waals surface area contributed by atoms with E-state index in [1.165, 1.54) is 12.1 Å². The molecular weight excluding hydrogens is 278 g/mol. The Balaban J connectivity index is 1.97. The van der Waals surface area contributed by atoms with Gasteiger partial charge in [-0.1, -0.05) is 6.07 Å². The highest BCUT2D eigenvalue weighted by molar-refractivity contribution is 5.95. The van der Waals surface area contributed by atoms with Gasteiger partial charge in [0.25, 0.3) is 5.69 Å². The molecule has 0 aliphatic carbocycles. The summed E-state index contributed by atoms with van der Waals surface area (Å²) in [5.41, 5.74) is -0.862. The maximum atomic E-state index is 11.2. The van der Waals surface area contributed by atoms with Crippen molar-refractivity contribution in [2.45, 2.75) is 31.8 Å². The fourth-order valence-corrected chi connectivity index (χ4v) is 2.37. The number of nitrogens with zero attached hydrogens (tertiary/aromatic N) is 1. The lowest BCUT2D eigenvalue weighted by atomic mass is 10.1. The van der Waals surface area contributed by atoms with Crippen LogP contribution in [0, 0.1) is 10.1 Å². The largest absolute Gasteiger partial charge is 0.492 e. The summed E-state index contributed by atoms with van der Waals surface area (Å²) < 4.78 is 10.9. The maximum Gasteiger partial charge on any atom is 0.346 e. The molecule has 1 aliphatic heterocycles. The summed E-state index contributed by atoms with van der Waals surface area (Å²) in [5.74, 6) is -1.33. The van der Waals surface area contributed by atoms with Crippen LogP contribution < -0.4 is 4.74 Å². The van der Waals surface area contributed by atoms with Gasteiger partial charge in [-0.05, 0) is 31.7 Å². The van der Waals surface area contributed by atoms with Gasteiger partial charge in [-0.15, -0.1) is 0 Å². The van der Waals surface area contributed by atoms with Crippen LogP contribution in [0.5, 0.6) is 5.75 Å². The maximum absolute atomic E-state index is 11.2. The monoisotopic (exact) mass is 295 g/mol. The van der Waals surface area contributed by atoms with Crippen LogP contribution in [0.4, 0.5) is 5.69 Å². The molecule has 0 saturated carbocycles. The average Bonchev–Trinajstić information content (AvgIpc) is 2.96. The molecule has 1 aliphatic rings. The predicted octanol–water partition coefficient (Wildman–Crippen LogP) is 2.63. The number of benzene rings is 1. The van der Waals surface area contributed by atoms with Gasteiger partial charge in [0.1, 0.15) is 5.75 Å². The molecule has 2 rings (SSSR count). The van der Waals surface area contributed by atoms with Crippen molar-refractivity contribution >= 4 is 11.7 Å². The van der Waals surface area contributed by atoms with Gasteiger partial charge in [0, 0.05) is 12.7 Å². The number of rotatable bonds is 7. The van der Waals surface area contributed by atoms with E-state index in [1.54, 1.807) is 0 Å². The van der Waals surface area contributed by atoms with Crippen molar-refractivity contribution in [3.05, 3.63) is 33.9 Å². The second kappa shape index (κ2) is 7.03. The van der Waals surface area contributed by atoms with Crippen molar-refractivity contribution in [1.29, 1.82) is 0 Å². The third-order valence-electron chi connectivity index (χ3n) is 3.37. The van der Waals surface area contributed by atoms with E-state index in [9.17, 15) is 14.9 Å². The number of nitro groups is 1. The Morgan fingerprint density at radius 1 is 1.52 bits per heavy atom. The minimum absolute atomic E-state index is 0.0315. The zero-order valence-electron chi connectivity index (χ0n) is 11.5. The van der Waals surface area contributed by atoms with E-state index in [-0.39, 0.29) is 11.9 Å². The average molecular weight is 295 g/mol. The molecule has 1 N–H and O–H groups in total. The minimum Gasteiger partial charge on any atom is -0.492 e. The van der Waals surface area contributed by atoms with Crippen LogP contribution in [-0.4, -0.2) is 35.3 Å². The normalized spacial score (nSPS) is 17.6. The fraction of sp³-hybridized carbons (Fsp3) is 0.500. The molecule has 114 valence electrons. The van der Waals surface area contributed by atoms with Crippen molar-refractivity contribution in [1.82, 2.24) is 0 Å². The molecule has 1 aromatic rings. The van der Waals surface area contributed by atoms with E-state index >= 15 is 0 Å². The van der Waals surface area contributed by atoms with E-state index < -0.39 is 22.1 Å². The molecule has 1 aromatic carbocycles. The molecule has 0 spiro atoms. The van der Waals surface area contributed by atoms with Crippen molar-refractivity contribution in [2.24, 2.45) is 0 Å². The first-order valence-corrected chi connectivity index (χ1v) is 6.84. The molecule has 7 heteroatoms. The Hall–Kier alpha value is -2.15. The summed E-state index contributed by atoms with van der Waals surface area (Å²) in [7, 11) is 0. The quantitative estimate of drug-likeness (QED) is 0.471. The number of carboxylic acids is 1. The van der Waals surface area contributed by atoms with E-state index in [0.29, 0.717) is 13.0 Å². The van der Waals surface area contributed by atoms with Crippen molar-refractivity contribution in [3.63, 3.8) is 0 Å². The van der Waals surface area contributed by atoms with Crippen LogP contribution in [0.3, 0.4) is 0 Å². The van der Waals surface area contributed by atoms with Gasteiger partial charge in [-0.25, -0.2) is 4.79 Å². The molecule has 1 atom stereocenters. The molecule has 1 saturated heterocycles. The summed E-state index contributed by atoms with van der Waals surface area (Å²) >= 11 is 0. The standard InChI is InChI=1S/C14H17NO6/c16-14(17)13-11(15(18)19)6-1-7-12(13)21-9-3-5-10-4-2-8-20-10/h1,6-7,10H,2-5,8-9H2,(H,16,17). The van der Waals surface area contributed by atoms with Gasteiger partial charge < -0.3 is 14.6 Å². The summed E-state index contributed by atoms with van der Waals surface area (Å²) in [6.45, 7) is 1.10. The van der Waals surface area contributed by atoms with E-state index in [2.05, 4.69) is 0 Å². The van der Waals surface area contributed by atoms with Gasteiger partial charge in [0.05, 0.1) is 17.6 Å². The Labute approximate surface area is 121 Å². The highest BCUT2D eigenvalue weighted by Gasteiger charge is 2.24. The van der Waals surface area contributed by atoms with Crippen LogP contribution >= 0.6 is 0 Å². The van der Waals surface area contributed by atoms with Gasteiger partial charge in [0.2, 0.25) is 0 Å². The number of ether oxygens (including phenoxy) is 2. The minimum atomic E-state index is -1.36. The zero-order valence-corrected chi connectivity index (χ0v) is 11.5. The number of nitro benzene ring substituents is 1. The number of carboxylic acid groups (broad SMARTS) is 1. The molecule has 21 heavy (non-hydrogen) atoms. The number of hydrogen-bond donors (Lipinski definition) is 1. The second-order valence-corrected chi connectivity index (χ2v) is 4.84. The summed E-state index contributed by atoms with van der Waals surface area (Å²) in [6, 6.07) is 4.01. The van der Waals surface area contributed by atoms with Crippen molar-refractivity contribution in [2.75, 3.05) is 13.2 Å². The lowest BCUT2D eigenvalue weighted by molar-refractivity contribution is -0.385. The van der Waals surface area contributed by atoms with Crippen LogP contribution in [0.1, 0.15) is 36.0 Å². The fourth-order valence-electron chi connectivity index (χ4n) is 2.37. The molecule has 1 unspecified atom stereocenters. The molecule has 0 aromatic heterocycles. The number of carbonyl (C=O) groups is 1. The van der Waals surface area contributed by atoms with Gasteiger partial charge in [-0.3, -0.25) is 10.1 Å². The zero-order chi connectivity index (χ0) is 15.2. The highest BCUT2D eigenvalue weighted by atomic mass is 16.6. The molecule has 0 bridgehead atoms. The Morgan fingerprint density at radius 3 is 2.95 bits per heavy atom. The molecule has 0 amide bonds. The van der Waals surface area contributed by atoms with Crippen LogP contribution in [0.2, 0.25) is 0 Å². The third kappa shape index (κ3) is 3.91. The molecule has 1 fully saturated rings. The van der Waals surface area contributed by atoms with Crippen molar-refractivity contribution < 1.29 is 24.3 Å². The smallest absolute Gasteiger partial charge is 0.346 e. The van der Waals surface area contributed by atoms with E-state index in [0.717, 1.165) is 31.9 Å². The lowest BCUT2D eigenvalue weighted by Gasteiger charge is -2.11. The number of hydrogen-bond acceptors (Lipinski definition) is 5. The van der Waals surface area contributed by atoms with Crippen LogP contribution in [0.15, 0.2) is 18.2 Å². The first-order chi connectivity index (χ1) is 10.1. The molecule has 7 nitrogen and oxygen atoms in total. The SMILES string of the molecule is O=C(O)c1c(OCCCC2CCCO2)cccc1[N+](=O)[O-]. The van der Waals surface area contributed by atoms with E-state index in [1.807, 2.05) is 0 Å². The van der Waals surface area contributed by atoms with E-state index in [4.69, 9.17) is 14.6 Å². The Bertz CT molecular complexity index is 524. The highest BCUT2D eigenvalue weighted by Crippen LogP contribution is 2.28. The summed E-state index contributed by atoms with van der Waals surface area (Å²) in [6.07, 6.45) is 3.91. The third-order valence-corrected chi connectivity index (χ3v) is 3.37. The number of aromatic carboxylic acids is 1. The summed E-state index contributed by atoms with van der Waals surface area (Å²) in [4.78, 5) is 21.3. The molecule has 0 radical (unpaired) electrons. The van der Waals surface area contributed by atoms with Crippen molar-refractivity contribution in [3.8, 4) is 5.75 Å². The first-order valence-electron chi connectivity index (χ1n) is 6.84. The van der Waals surface area contributed by atoms with Gasteiger partial charge in [-0.2, -0.15) is 0 Å².